The molecule has 1 N–H and O–H groups in total. The predicted octanol–water partition coefficient (Wildman–Crippen LogP) is 1.76. The minimum absolute atomic E-state index is 0.0144. The summed E-state index contributed by atoms with van der Waals surface area (Å²) >= 11 is 0. The largest absolute Gasteiger partial charge is 0.461 e. The van der Waals surface area contributed by atoms with Crippen molar-refractivity contribution in [2.24, 2.45) is 5.41 Å². The van der Waals surface area contributed by atoms with Crippen LogP contribution in [0.1, 0.15) is 37.4 Å². The Labute approximate surface area is 138 Å². The highest BCUT2D eigenvalue weighted by Gasteiger charge is 2.49. The number of hydrogen-bond acceptors (Lipinski definition) is 5. The predicted molar refractivity (Wildman–Crippen MR) is 89.0 cm³/mol. The van der Waals surface area contributed by atoms with Crippen LogP contribution in [-0.4, -0.2) is 48.6 Å². The number of carbonyl (C=O) groups is 1. The molecule has 2 aliphatic heterocycles. The molecule has 0 bridgehead atoms. The molecule has 2 fully saturated rings. The lowest BCUT2D eigenvalue weighted by atomic mass is 9.76. The van der Waals surface area contributed by atoms with Crippen LogP contribution in [-0.2, 0) is 22.5 Å². The van der Waals surface area contributed by atoms with E-state index in [-0.39, 0.29) is 17.5 Å². The molecule has 1 spiro atoms. The monoisotopic (exact) mass is 317 g/mol. The van der Waals surface area contributed by atoms with Gasteiger partial charge in [0.1, 0.15) is 6.10 Å². The van der Waals surface area contributed by atoms with Gasteiger partial charge < -0.3 is 10.1 Å². The number of aromatic nitrogens is 1. The minimum atomic E-state index is -0.224. The second-order valence-corrected chi connectivity index (χ2v) is 6.97. The van der Waals surface area contributed by atoms with Crippen LogP contribution in [0.15, 0.2) is 18.3 Å². The van der Waals surface area contributed by atoms with E-state index in [4.69, 9.17) is 4.74 Å². The molecule has 2 aliphatic rings. The highest BCUT2D eigenvalue weighted by atomic mass is 16.6. The molecule has 1 unspecified atom stereocenters. The zero-order valence-electron chi connectivity index (χ0n) is 14.2. The van der Waals surface area contributed by atoms with Gasteiger partial charge in [0.15, 0.2) is 0 Å². The molecule has 5 nitrogen and oxygen atoms in total. The summed E-state index contributed by atoms with van der Waals surface area (Å²) in [6.07, 6.45) is 5.65. The van der Waals surface area contributed by atoms with Gasteiger partial charge in [-0.25, -0.2) is 0 Å². The minimum Gasteiger partial charge on any atom is -0.461 e. The summed E-state index contributed by atoms with van der Waals surface area (Å²) < 4.78 is 5.67. The van der Waals surface area contributed by atoms with Crippen LogP contribution >= 0.6 is 0 Å². The molecule has 1 aromatic rings. The molecule has 1 aromatic heterocycles. The molecule has 126 valence electrons. The standard InChI is InChI=1S/C18H27N3O2/c1-3-14-4-5-15(20-11-14)12-21(2)13-16-10-18(17(22)23-16)6-8-19-9-7-18/h4-5,11,16,19H,3,6-10,12-13H2,1-2H3. The van der Waals surface area contributed by atoms with Gasteiger partial charge in [0, 0.05) is 25.7 Å². The van der Waals surface area contributed by atoms with Crippen molar-refractivity contribution in [3.63, 3.8) is 0 Å². The first kappa shape index (κ1) is 16.4. The van der Waals surface area contributed by atoms with Crippen molar-refractivity contribution in [3.8, 4) is 0 Å². The number of nitrogens with one attached hydrogen (secondary N) is 1. The second-order valence-electron chi connectivity index (χ2n) is 6.97. The van der Waals surface area contributed by atoms with Crippen LogP contribution in [0.5, 0.6) is 0 Å². The lowest BCUT2D eigenvalue weighted by Gasteiger charge is -2.29. The molecule has 3 heterocycles. The fourth-order valence-corrected chi connectivity index (χ4v) is 3.70. The topological polar surface area (TPSA) is 54.5 Å². The third kappa shape index (κ3) is 3.72. The van der Waals surface area contributed by atoms with E-state index in [9.17, 15) is 4.79 Å². The van der Waals surface area contributed by atoms with Gasteiger partial charge in [-0.1, -0.05) is 13.0 Å². The Hall–Kier alpha value is -1.46. The van der Waals surface area contributed by atoms with E-state index in [2.05, 4.69) is 41.3 Å². The first-order valence-electron chi connectivity index (χ1n) is 8.65. The number of aryl methyl sites for hydroxylation is 1. The van der Waals surface area contributed by atoms with E-state index < -0.39 is 0 Å². The summed E-state index contributed by atoms with van der Waals surface area (Å²) in [5.74, 6) is 0.0165. The summed E-state index contributed by atoms with van der Waals surface area (Å²) in [4.78, 5) is 19.0. The number of carbonyl (C=O) groups excluding carboxylic acids is 1. The third-order valence-electron chi connectivity index (χ3n) is 5.13. The van der Waals surface area contributed by atoms with Crippen molar-refractivity contribution < 1.29 is 9.53 Å². The van der Waals surface area contributed by atoms with Gasteiger partial charge in [-0.2, -0.15) is 0 Å². The van der Waals surface area contributed by atoms with E-state index in [1.165, 1.54) is 5.56 Å². The summed E-state index contributed by atoms with van der Waals surface area (Å²) in [5.41, 5.74) is 2.09. The number of likely N-dealkylation sites (N-methyl/N-ethyl adjacent to an activating group) is 1. The molecule has 0 aromatic carbocycles. The SMILES string of the molecule is CCc1ccc(CN(C)CC2CC3(CCNCC3)C(=O)O2)nc1. The van der Waals surface area contributed by atoms with Crippen LogP contribution in [0.25, 0.3) is 0 Å². The van der Waals surface area contributed by atoms with E-state index >= 15 is 0 Å². The lowest BCUT2D eigenvalue weighted by Crippen LogP contribution is -2.39. The van der Waals surface area contributed by atoms with E-state index in [0.717, 1.165) is 57.6 Å². The van der Waals surface area contributed by atoms with Gasteiger partial charge in [0.25, 0.3) is 0 Å². The van der Waals surface area contributed by atoms with Crippen LogP contribution in [0.4, 0.5) is 0 Å². The first-order chi connectivity index (χ1) is 11.1. The van der Waals surface area contributed by atoms with Crippen molar-refractivity contribution in [2.75, 3.05) is 26.7 Å². The maximum absolute atomic E-state index is 12.3. The molecule has 0 amide bonds. The Balaban J connectivity index is 1.53. The summed E-state index contributed by atoms with van der Waals surface area (Å²) in [7, 11) is 2.07. The molecule has 1 atom stereocenters. The Kier molecular flexibility index (Phi) is 4.97. The fraction of sp³-hybridized carbons (Fsp3) is 0.667. The van der Waals surface area contributed by atoms with Crippen LogP contribution in [0.2, 0.25) is 0 Å². The Morgan fingerprint density at radius 2 is 2.17 bits per heavy atom. The molecule has 3 rings (SSSR count). The van der Waals surface area contributed by atoms with E-state index in [1.807, 2.05) is 6.20 Å². The normalized spacial score (nSPS) is 23.4. The molecule has 5 heteroatoms. The molecule has 23 heavy (non-hydrogen) atoms. The fourth-order valence-electron chi connectivity index (χ4n) is 3.70. The Morgan fingerprint density at radius 3 is 2.83 bits per heavy atom. The number of piperidine rings is 1. The van der Waals surface area contributed by atoms with Crippen LogP contribution < -0.4 is 5.32 Å². The number of esters is 1. The highest BCUT2D eigenvalue weighted by Crippen LogP contribution is 2.41. The summed E-state index contributed by atoms with van der Waals surface area (Å²) in [6.45, 7) is 5.54. The van der Waals surface area contributed by atoms with Gasteiger partial charge in [-0.15, -0.1) is 0 Å². The molecule has 2 saturated heterocycles. The maximum atomic E-state index is 12.3. The van der Waals surface area contributed by atoms with E-state index in [1.54, 1.807) is 0 Å². The van der Waals surface area contributed by atoms with Gasteiger partial charge in [-0.05, 0) is 51.0 Å². The van der Waals surface area contributed by atoms with Gasteiger partial charge in [-0.3, -0.25) is 14.7 Å². The molecular weight excluding hydrogens is 290 g/mol. The smallest absolute Gasteiger partial charge is 0.312 e. The number of ether oxygens (including phenoxy) is 1. The molecule has 0 aliphatic carbocycles. The summed E-state index contributed by atoms with van der Waals surface area (Å²) in [5, 5.41) is 3.33. The van der Waals surface area contributed by atoms with Crippen LogP contribution in [0, 0.1) is 5.41 Å². The molecular formula is C18H27N3O2. The van der Waals surface area contributed by atoms with E-state index in [0.29, 0.717) is 0 Å². The Bertz CT molecular complexity index is 538. The van der Waals surface area contributed by atoms with Crippen molar-refractivity contribution in [1.29, 1.82) is 0 Å². The number of pyridine rings is 1. The molecule has 0 radical (unpaired) electrons. The average molecular weight is 317 g/mol. The Morgan fingerprint density at radius 1 is 1.39 bits per heavy atom. The van der Waals surface area contributed by atoms with Crippen molar-refractivity contribution in [2.45, 2.75) is 45.3 Å². The van der Waals surface area contributed by atoms with Gasteiger partial charge in [0.05, 0.1) is 11.1 Å². The quantitative estimate of drug-likeness (QED) is 0.839. The van der Waals surface area contributed by atoms with Gasteiger partial charge in [0.2, 0.25) is 0 Å². The lowest BCUT2D eigenvalue weighted by molar-refractivity contribution is -0.150. The number of rotatable bonds is 5. The van der Waals surface area contributed by atoms with Crippen LogP contribution in [0.3, 0.4) is 0 Å². The average Bonchev–Trinajstić information content (AvgIpc) is 2.83. The zero-order chi connectivity index (χ0) is 16.3. The van der Waals surface area contributed by atoms with Gasteiger partial charge >= 0.3 is 5.97 Å². The second kappa shape index (κ2) is 6.97. The number of hydrogen-bond donors (Lipinski definition) is 1. The van der Waals surface area contributed by atoms with Crippen molar-refractivity contribution >= 4 is 5.97 Å². The zero-order valence-corrected chi connectivity index (χ0v) is 14.2. The summed E-state index contributed by atoms with van der Waals surface area (Å²) in [6, 6.07) is 4.22. The highest BCUT2D eigenvalue weighted by molar-refractivity contribution is 5.79. The van der Waals surface area contributed by atoms with Crippen molar-refractivity contribution in [3.05, 3.63) is 29.6 Å². The molecule has 0 saturated carbocycles. The number of nitrogens with zero attached hydrogens (tertiary/aromatic N) is 2. The van der Waals surface area contributed by atoms with Crippen molar-refractivity contribution in [1.82, 2.24) is 15.2 Å². The number of cyclic esters (lactones) is 1. The maximum Gasteiger partial charge on any atom is 0.312 e. The third-order valence-corrected chi connectivity index (χ3v) is 5.13. The first-order valence-corrected chi connectivity index (χ1v) is 8.65.